The maximum Gasteiger partial charge on any atom is 0.304 e. The van der Waals surface area contributed by atoms with Crippen LogP contribution in [0, 0.1) is 18.8 Å². The molecule has 0 saturated carbocycles. The van der Waals surface area contributed by atoms with E-state index < -0.39 is 5.97 Å². The number of ether oxygens (including phenoxy) is 2. The standard InChI is InChI=1S/C28H25NO4S/c1-4-5-21(14-27(30)31)20-7-9-22(10-8-20)33-16-19-6-11-26-24(13-19)25(17-34-26)28-18(2)12-23(32-3)15-29-28/h6-13,15,17,21H,14,16H2,1-3H3,(H,30,31)/t21-/m0/s1. The van der Waals surface area contributed by atoms with Crippen molar-refractivity contribution in [3.05, 3.63) is 76.8 Å². The Bertz CT molecular complexity index is 1380. The number of benzene rings is 2. The van der Waals surface area contributed by atoms with E-state index in [1.807, 2.05) is 37.3 Å². The van der Waals surface area contributed by atoms with Crippen LogP contribution in [-0.4, -0.2) is 23.2 Å². The second-order valence-corrected chi connectivity index (χ2v) is 8.83. The SMILES string of the molecule is CC#C[C@@H](CC(=O)O)c1ccc(OCc2ccc3scc(-c4ncc(OC)cc4C)c3c2)cc1. The van der Waals surface area contributed by atoms with Crippen LogP contribution in [0.1, 0.15) is 36.0 Å². The van der Waals surface area contributed by atoms with Crippen LogP contribution in [0.2, 0.25) is 0 Å². The Morgan fingerprint density at radius 2 is 1.94 bits per heavy atom. The van der Waals surface area contributed by atoms with E-state index in [0.29, 0.717) is 6.61 Å². The molecular formula is C28H25NO4S. The van der Waals surface area contributed by atoms with Gasteiger partial charge in [-0.2, -0.15) is 0 Å². The maximum absolute atomic E-state index is 11.1. The number of aliphatic carboxylic acids is 1. The zero-order chi connectivity index (χ0) is 24.1. The van der Waals surface area contributed by atoms with Gasteiger partial charge in [-0.3, -0.25) is 9.78 Å². The first-order valence-electron chi connectivity index (χ1n) is 10.9. The second-order valence-electron chi connectivity index (χ2n) is 7.92. The number of fused-ring (bicyclic) bond motifs is 1. The van der Waals surface area contributed by atoms with E-state index in [0.717, 1.165) is 44.8 Å². The second kappa shape index (κ2) is 10.4. The molecule has 4 rings (SSSR count). The van der Waals surface area contributed by atoms with E-state index in [2.05, 4.69) is 40.4 Å². The van der Waals surface area contributed by atoms with E-state index in [1.54, 1.807) is 31.6 Å². The van der Waals surface area contributed by atoms with Crippen molar-refractivity contribution >= 4 is 27.4 Å². The lowest BCUT2D eigenvalue weighted by atomic mass is 9.96. The minimum absolute atomic E-state index is 0.0213. The molecule has 2 aromatic heterocycles. The van der Waals surface area contributed by atoms with E-state index in [1.165, 1.54) is 4.70 Å². The fourth-order valence-corrected chi connectivity index (χ4v) is 4.78. The predicted octanol–water partition coefficient (Wildman–Crippen LogP) is 6.44. The monoisotopic (exact) mass is 471 g/mol. The molecule has 0 unspecified atom stereocenters. The average molecular weight is 472 g/mol. The third kappa shape index (κ3) is 5.22. The van der Waals surface area contributed by atoms with Crippen molar-refractivity contribution in [2.75, 3.05) is 7.11 Å². The van der Waals surface area contributed by atoms with Gasteiger partial charge in [0, 0.05) is 21.0 Å². The molecule has 6 heteroatoms. The molecule has 4 aromatic rings. The highest BCUT2D eigenvalue weighted by Crippen LogP contribution is 2.36. The summed E-state index contributed by atoms with van der Waals surface area (Å²) in [7, 11) is 1.64. The zero-order valence-electron chi connectivity index (χ0n) is 19.3. The van der Waals surface area contributed by atoms with Crippen LogP contribution < -0.4 is 9.47 Å². The Balaban J connectivity index is 1.51. The highest BCUT2D eigenvalue weighted by atomic mass is 32.1. The van der Waals surface area contributed by atoms with Crippen molar-refractivity contribution in [1.82, 2.24) is 4.98 Å². The Kier molecular flexibility index (Phi) is 7.15. The van der Waals surface area contributed by atoms with Gasteiger partial charge in [0.15, 0.2) is 0 Å². The number of aromatic nitrogens is 1. The summed E-state index contributed by atoms with van der Waals surface area (Å²) in [5, 5.41) is 12.4. The first-order chi connectivity index (χ1) is 16.5. The van der Waals surface area contributed by atoms with Crippen LogP contribution in [0.25, 0.3) is 21.3 Å². The third-order valence-electron chi connectivity index (χ3n) is 5.57. The minimum Gasteiger partial charge on any atom is -0.495 e. The molecule has 0 amide bonds. The molecule has 0 radical (unpaired) electrons. The summed E-state index contributed by atoms with van der Waals surface area (Å²) in [4.78, 5) is 15.7. The van der Waals surface area contributed by atoms with Gasteiger partial charge in [0.05, 0.1) is 31.3 Å². The molecule has 2 heterocycles. The number of hydrogen-bond donors (Lipinski definition) is 1. The topological polar surface area (TPSA) is 68.7 Å². The molecule has 172 valence electrons. The molecule has 0 aliphatic rings. The first-order valence-corrected chi connectivity index (χ1v) is 11.7. The lowest BCUT2D eigenvalue weighted by molar-refractivity contribution is -0.137. The molecule has 2 aromatic carbocycles. The van der Waals surface area contributed by atoms with Crippen LogP contribution >= 0.6 is 11.3 Å². The molecule has 0 fully saturated rings. The maximum atomic E-state index is 11.1. The molecule has 0 spiro atoms. The summed E-state index contributed by atoms with van der Waals surface area (Å²) in [6.07, 6.45) is 1.72. The quantitative estimate of drug-likeness (QED) is 0.300. The summed E-state index contributed by atoms with van der Waals surface area (Å²) < 4.78 is 12.5. The normalized spacial score (nSPS) is 11.5. The highest BCUT2D eigenvalue weighted by molar-refractivity contribution is 7.17. The third-order valence-corrected chi connectivity index (χ3v) is 6.53. The van der Waals surface area contributed by atoms with Gasteiger partial charge < -0.3 is 14.6 Å². The van der Waals surface area contributed by atoms with E-state index in [-0.39, 0.29) is 12.3 Å². The molecule has 1 atom stereocenters. The van der Waals surface area contributed by atoms with E-state index in [4.69, 9.17) is 14.6 Å². The van der Waals surface area contributed by atoms with Crippen LogP contribution in [0.3, 0.4) is 0 Å². The van der Waals surface area contributed by atoms with Crippen LogP contribution in [-0.2, 0) is 11.4 Å². The van der Waals surface area contributed by atoms with Gasteiger partial charge in [0.25, 0.3) is 0 Å². The van der Waals surface area contributed by atoms with Crippen molar-refractivity contribution in [3.8, 4) is 34.6 Å². The molecule has 0 aliphatic heterocycles. The molecule has 0 aliphatic carbocycles. The Hall–Kier alpha value is -3.82. The molecular weight excluding hydrogens is 446 g/mol. The van der Waals surface area contributed by atoms with Gasteiger partial charge in [0.2, 0.25) is 0 Å². The van der Waals surface area contributed by atoms with E-state index >= 15 is 0 Å². The summed E-state index contributed by atoms with van der Waals surface area (Å²) in [5.74, 6) is 6.06. The van der Waals surface area contributed by atoms with Crippen molar-refractivity contribution in [2.24, 2.45) is 0 Å². The van der Waals surface area contributed by atoms with Crippen molar-refractivity contribution in [3.63, 3.8) is 0 Å². The summed E-state index contributed by atoms with van der Waals surface area (Å²) in [5.41, 5.74) is 5.05. The Morgan fingerprint density at radius 3 is 2.62 bits per heavy atom. The number of aryl methyl sites for hydroxylation is 1. The fraction of sp³-hybridized carbons (Fsp3) is 0.214. The number of carboxylic acid groups (broad SMARTS) is 1. The number of hydrogen-bond acceptors (Lipinski definition) is 5. The summed E-state index contributed by atoms with van der Waals surface area (Å²) >= 11 is 1.70. The largest absolute Gasteiger partial charge is 0.495 e. The number of thiophene rings is 1. The summed E-state index contributed by atoms with van der Waals surface area (Å²) in [6, 6.07) is 15.8. The van der Waals surface area contributed by atoms with Gasteiger partial charge in [-0.25, -0.2) is 0 Å². The number of nitrogens with zero attached hydrogens (tertiary/aromatic N) is 1. The Labute approximate surface area is 203 Å². The number of methoxy groups -OCH3 is 1. The van der Waals surface area contributed by atoms with E-state index in [9.17, 15) is 4.79 Å². The predicted molar refractivity (Wildman–Crippen MR) is 136 cm³/mol. The lowest BCUT2D eigenvalue weighted by Crippen LogP contribution is -2.04. The number of carbonyl (C=O) groups is 1. The van der Waals surface area contributed by atoms with Crippen molar-refractivity contribution in [2.45, 2.75) is 32.8 Å². The van der Waals surface area contributed by atoms with Crippen molar-refractivity contribution in [1.29, 1.82) is 0 Å². The average Bonchev–Trinajstić information content (AvgIpc) is 3.25. The molecule has 0 saturated heterocycles. The number of pyridine rings is 1. The number of rotatable bonds is 8. The van der Waals surface area contributed by atoms with Crippen LogP contribution in [0.15, 0.2) is 60.1 Å². The van der Waals surface area contributed by atoms with Gasteiger partial charge in [-0.05, 0) is 60.9 Å². The van der Waals surface area contributed by atoms with Crippen LogP contribution in [0.4, 0.5) is 0 Å². The molecule has 1 N–H and O–H groups in total. The smallest absolute Gasteiger partial charge is 0.304 e. The summed E-state index contributed by atoms with van der Waals surface area (Å²) in [6.45, 7) is 4.18. The van der Waals surface area contributed by atoms with Crippen LogP contribution in [0.5, 0.6) is 11.5 Å². The fourth-order valence-electron chi connectivity index (χ4n) is 3.86. The minimum atomic E-state index is -0.865. The van der Waals surface area contributed by atoms with Gasteiger partial charge in [-0.1, -0.05) is 24.1 Å². The van der Waals surface area contributed by atoms with Gasteiger partial charge in [0.1, 0.15) is 18.1 Å². The highest BCUT2D eigenvalue weighted by Gasteiger charge is 2.14. The number of carboxylic acids is 1. The van der Waals surface area contributed by atoms with Crippen molar-refractivity contribution < 1.29 is 19.4 Å². The molecule has 34 heavy (non-hydrogen) atoms. The molecule has 0 bridgehead atoms. The first kappa shape index (κ1) is 23.3. The van der Waals surface area contributed by atoms with Gasteiger partial charge >= 0.3 is 5.97 Å². The zero-order valence-corrected chi connectivity index (χ0v) is 20.1. The lowest BCUT2D eigenvalue weighted by Gasteiger charge is -2.11. The van der Waals surface area contributed by atoms with Gasteiger partial charge in [-0.15, -0.1) is 17.3 Å². The molecule has 5 nitrogen and oxygen atoms in total. The Morgan fingerprint density at radius 1 is 1.15 bits per heavy atom.